The molecular weight excluding hydrogens is 636 g/mol. The molecule has 0 N–H and O–H groups in total. The van der Waals surface area contributed by atoms with Gasteiger partial charge in [0.15, 0.2) is 17.2 Å². The van der Waals surface area contributed by atoms with Crippen LogP contribution in [0.3, 0.4) is 0 Å². The number of benzene rings is 3. The van der Waals surface area contributed by atoms with Gasteiger partial charge in [0.05, 0.1) is 0 Å². The van der Waals surface area contributed by atoms with Gasteiger partial charge in [-0.1, -0.05) is 70.2 Å². The van der Waals surface area contributed by atoms with Crippen molar-refractivity contribution >= 4 is 17.8 Å². The first-order valence-corrected chi connectivity index (χ1v) is 15.1. The van der Waals surface area contributed by atoms with E-state index in [9.17, 15) is 0 Å². The van der Waals surface area contributed by atoms with Gasteiger partial charge in [0.2, 0.25) is 0 Å². The summed E-state index contributed by atoms with van der Waals surface area (Å²) in [6, 6.07) is 22.8. The van der Waals surface area contributed by atoms with Gasteiger partial charge in [0.25, 0.3) is 0 Å². The third-order valence-electron chi connectivity index (χ3n) is 7.29. The Morgan fingerprint density at radius 1 is 0.727 bits per heavy atom. The van der Waals surface area contributed by atoms with Gasteiger partial charge < -0.3 is 0 Å². The summed E-state index contributed by atoms with van der Waals surface area (Å²) in [5.41, 5.74) is 5.53. The molecule has 3 aromatic carbocycles. The Morgan fingerprint density at radius 3 is 1.70 bits per heavy atom. The molecule has 1 aliphatic heterocycles. The molecule has 0 aromatic heterocycles. The van der Waals surface area contributed by atoms with Crippen molar-refractivity contribution in [3.8, 4) is 17.2 Å². The normalized spacial score (nSPS) is 20.1. The van der Waals surface area contributed by atoms with Crippen LogP contribution in [0.5, 0.6) is 17.2 Å². The minimum absolute atomic E-state index is 0.0665. The molecule has 176 valence electrons. The third kappa shape index (κ3) is 3.65. The minimum atomic E-state index is -2.08. The molecule has 2 aliphatic carbocycles. The number of hydrogen-bond donors (Lipinski definition) is 0. The van der Waals surface area contributed by atoms with Crippen LogP contribution in [0.4, 0.5) is 0 Å². The maximum absolute atomic E-state index is 6.56. The standard InChI is InChI=1S/C27H28O3P.Au.ClH/c1-25(2)16-27-17-26(3,4)20-13-9-15-22(24(20)27)30-31(28-18-10-6-5-7-11-18)29-21-14-8-12-19(25)23(21)27;;/h5-15,31H,16-17H2,1-4H3;;1H/q2*+1;/p-1. The van der Waals surface area contributed by atoms with Crippen molar-refractivity contribution in [2.75, 3.05) is 0 Å². The molecule has 0 atom stereocenters. The molecule has 0 amide bonds. The molecule has 0 radical (unpaired) electrons. The van der Waals surface area contributed by atoms with Gasteiger partial charge in [0, 0.05) is 16.5 Å². The maximum atomic E-state index is 6.56. The SMILES string of the molecule is CC1(C)CC23CC(C)(C)c4cccc(c42)O[PH+](Oc2ccccc2)Oc2cccc1c23.[Cl][Au]. The molecule has 6 rings (SSSR count). The van der Waals surface area contributed by atoms with Crippen LogP contribution in [0.15, 0.2) is 66.7 Å². The molecule has 0 saturated heterocycles. The molecule has 3 aliphatic rings. The zero-order chi connectivity index (χ0) is 23.4. The second kappa shape index (κ2) is 8.33. The van der Waals surface area contributed by atoms with Gasteiger partial charge >= 0.3 is 37.8 Å². The molecule has 33 heavy (non-hydrogen) atoms. The second-order valence-corrected chi connectivity index (χ2v) is 11.5. The van der Waals surface area contributed by atoms with E-state index in [1.54, 1.807) is 20.0 Å². The van der Waals surface area contributed by atoms with Crippen molar-refractivity contribution in [1.82, 2.24) is 0 Å². The first-order valence-electron chi connectivity index (χ1n) is 11.2. The Morgan fingerprint density at radius 2 is 1.21 bits per heavy atom. The van der Waals surface area contributed by atoms with Crippen LogP contribution in [0.1, 0.15) is 62.8 Å². The van der Waals surface area contributed by atoms with Crippen molar-refractivity contribution in [3.63, 3.8) is 0 Å². The Hall–Kier alpha value is -1.48. The van der Waals surface area contributed by atoms with Crippen LogP contribution in [0.25, 0.3) is 0 Å². The van der Waals surface area contributed by atoms with Crippen LogP contribution < -0.4 is 13.6 Å². The van der Waals surface area contributed by atoms with Crippen LogP contribution in [-0.4, -0.2) is 0 Å². The van der Waals surface area contributed by atoms with E-state index in [-0.39, 0.29) is 16.2 Å². The summed E-state index contributed by atoms with van der Waals surface area (Å²) in [7, 11) is 2.50. The molecule has 3 nitrogen and oxygen atoms in total. The summed E-state index contributed by atoms with van der Waals surface area (Å²) in [6.45, 7) is 9.46. The molecule has 1 spiro atoms. The quantitative estimate of drug-likeness (QED) is 0.207. The van der Waals surface area contributed by atoms with Crippen LogP contribution in [-0.2, 0) is 36.2 Å². The molecule has 1 heterocycles. The fourth-order valence-electron chi connectivity index (χ4n) is 6.41. The number of rotatable bonds is 2. The van der Waals surface area contributed by atoms with Gasteiger partial charge in [-0.3, -0.25) is 13.6 Å². The molecule has 3 aromatic rings. The monoisotopic (exact) mass is 663 g/mol. The molecule has 0 unspecified atom stereocenters. The van der Waals surface area contributed by atoms with Crippen LogP contribution in [0, 0.1) is 0 Å². The van der Waals surface area contributed by atoms with E-state index in [2.05, 4.69) is 73.3 Å². The average molecular weight is 664 g/mol. The third-order valence-corrected chi connectivity index (χ3v) is 8.46. The Balaban J connectivity index is 0.00000111. The van der Waals surface area contributed by atoms with E-state index < -0.39 is 8.60 Å². The predicted octanol–water partition coefficient (Wildman–Crippen LogP) is 7.83. The van der Waals surface area contributed by atoms with Gasteiger partial charge in [-0.15, -0.1) is 0 Å². The van der Waals surface area contributed by atoms with Gasteiger partial charge in [0.1, 0.15) is 0 Å². The van der Waals surface area contributed by atoms with Crippen LogP contribution in [0.2, 0.25) is 0 Å². The number of para-hydroxylation sites is 1. The second-order valence-electron chi connectivity index (χ2n) is 10.4. The van der Waals surface area contributed by atoms with E-state index >= 15 is 0 Å². The molecular formula is C27H28AuClO3P+. The van der Waals surface area contributed by atoms with E-state index in [4.69, 9.17) is 13.6 Å². The summed E-state index contributed by atoms with van der Waals surface area (Å²) in [6.07, 6.45) is 2.13. The fourth-order valence-corrected chi connectivity index (χ4v) is 7.57. The Kier molecular flexibility index (Phi) is 5.87. The van der Waals surface area contributed by atoms with Crippen molar-refractivity contribution in [2.24, 2.45) is 0 Å². The van der Waals surface area contributed by atoms with Crippen molar-refractivity contribution < 1.29 is 33.6 Å². The summed E-state index contributed by atoms with van der Waals surface area (Å²) in [5.74, 6) is 2.61. The summed E-state index contributed by atoms with van der Waals surface area (Å²) in [5, 5.41) is 0. The van der Waals surface area contributed by atoms with E-state index in [0.29, 0.717) is 0 Å². The average Bonchev–Trinajstić information content (AvgIpc) is 3.16. The zero-order valence-corrected chi connectivity index (χ0v) is 23.1. The van der Waals surface area contributed by atoms with E-state index in [1.807, 2.05) is 30.3 Å². The van der Waals surface area contributed by atoms with Gasteiger partial charge in [-0.25, -0.2) is 0 Å². The summed E-state index contributed by atoms with van der Waals surface area (Å²) in [4.78, 5) is 0. The van der Waals surface area contributed by atoms with E-state index in [0.717, 1.165) is 30.1 Å². The summed E-state index contributed by atoms with van der Waals surface area (Å²) < 4.78 is 19.4. The Bertz CT molecular complexity index is 1120. The first-order chi connectivity index (χ1) is 15.8. The molecule has 0 bridgehead atoms. The molecule has 6 heteroatoms. The molecule has 0 saturated carbocycles. The van der Waals surface area contributed by atoms with Gasteiger partial charge in [-0.2, -0.15) is 0 Å². The number of hydrogen-bond acceptors (Lipinski definition) is 3. The van der Waals surface area contributed by atoms with Crippen molar-refractivity contribution in [3.05, 3.63) is 89.0 Å². The molecule has 0 fully saturated rings. The van der Waals surface area contributed by atoms with E-state index in [1.165, 1.54) is 22.3 Å². The van der Waals surface area contributed by atoms with Crippen molar-refractivity contribution in [1.29, 1.82) is 0 Å². The topological polar surface area (TPSA) is 27.7 Å². The zero-order valence-electron chi connectivity index (χ0n) is 19.2. The van der Waals surface area contributed by atoms with Gasteiger partial charge in [-0.05, 0) is 59.1 Å². The number of halogens is 1. The fraction of sp³-hybridized carbons (Fsp3) is 0.333. The summed E-state index contributed by atoms with van der Waals surface area (Å²) >= 11 is 1.75. The predicted molar refractivity (Wildman–Crippen MR) is 131 cm³/mol. The first kappa shape index (κ1) is 23.3. The van der Waals surface area contributed by atoms with Crippen molar-refractivity contribution in [2.45, 2.75) is 56.8 Å². The van der Waals surface area contributed by atoms with Crippen LogP contribution >= 0.6 is 17.8 Å². The Labute approximate surface area is 213 Å².